The van der Waals surface area contributed by atoms with E-state index in [0.29, 0.717) is 17.8 Å². The van der Waals surface area contributed by atoms with Gasteiger partial charge in [-0.15, -0.1) is 12.4 Å². The van der Waals surface area contributed by atoms with Crippen LogP contribution in [-0.4, -0.2) is 35.3 Å². The predicted molar refractivity (Wildman–Crippen MR) is 91.1 cm³/mol. The van der Waals surface area contributed by atoms with Crippen LogP contribution in [0, 0.1) is 19.7 Å². The molecule has 1 amide bonds. The quantitative estimate of drug-likeness (QED) is 0.794. The lowest BCUT2D eigenvalue weighted by Gasteiger charge is -2.07. The topological polar surface area (TPSA) is 58.9 Å². The molecule has 0 aliphatic heterocycles. The van der Waals surface area contributed by atoms with Crippen LogP contribution in [0.15, 0.2) is 24.3 Å². The number of carbonyl (C=O) groups excluding carboxylic acids is 1. The first-order valence-electron chi connectivity index (χ1n) is 7.35. The Labute approximate surface area is 141 Å². The van der Waals surface area contributed by atoms with E-state index in [9.17, 15) is 9.18 Å². The second kappa shape index (κ2) is 8.64. The van der Waals surface area contributed by atoms with E-state index in [1.54, 1.807) is 23.7 Å². The van der Waals surface area contributed by atoms with Crippen molar-refractivity contribution in [2.24, 2.45) is 0 Å². The van der Waals surface area contributed by atoms with E-state index in [0.717, 1.165) is 24.5 Å². The number of benzene rings is 1. The molecule has 1 heterocycles. The molecule has 0 saturated heterocycles. The third-order valence-corrected chi connectivity index (χ3v) is 3.43. The zero-order chi connectivity index (χ0) is 16.1. The molecule has 0 aliphatic carbocycles. The van der Waals surface area contributed by atoms with Crippen molar-refractivity contribution in [3.05, 3.63) is 47.0 Å². The van der Waals surface area contributed by atoms with Gasteiger partial charge in [0.1, 0.15) is 5.82 Å². The van der Waals surface area contributed by atoms with Gasteiger partial charge < -0.3 is 10.6 Å². The van der Waals surface area contributed by atoms with Gasteiger partial charge in [0.05, 0.1) is 22.6 Å². The number of carbonyl (C=O) groups is 1. The maximum atomic E-state index is 13.0. The molecule has 1 aromatic heterocycles. The van der Waals surface area contributed by atoms with Crippen LogP contribution in [0.25, 0.3) is 5.69 Å². The largest absolute Gasteiger partial charge is 0.351 e. The van der Waals surface area contributed by atoms with Crippen LogP contribution in [-0.2, 0) is 0 Å². The van der Waals surface area contributed by atoms with Crippen molar-refractivity contribution in [1.82, 2.24) is 20.4 Å². The van der Waals surface area contributed by atoms with Crippen LogP contribution in [0.4, 0.5) is 4.39 Å². The highest BCUT2D eigenvalue weighted by molar-refractivity contribution is 5.96. The normalized spacial score (nSPS) is 10.3. The molecule has 5 nitrogen and oxygen atoms in total. The van der Waals surface area contributed by atoms with Crippen molar-refractivity contribution in [3.63, 3.8) is 0 Å². The molecule has 0 atom stereocenters. The second-order valence-electron chi connectivity index (χ2n) is 5.04. The van der Waals surface area contributed by atoms with E-state index in [2.05, 4.69) is 15.7 Å². The van der Waals surface area contributed by atoms with Gasteiger partial charge in [0, 0.05) is 13.1 Å². The summed E-state index contributed by atoms with van der Waals surface area (Å²) in [7, 11) is 0. The first kappa shape index (κ1) is 19.1. The van der Waals surface area contributed by atoms with Gasteiger partial charge >= 0.3 is 0 Å². The van der Waals surface area contributed by atoms with Crippen molar-refractivity contribution >= 4 is 18.3 Å². The summed E-state index contributed by atoms with van der Waals surface area (Å²) >= 11 is 0. The van der Waals surface area contributed by atoms with Crippen LogP contribution in [0.1, 0.15) is 28.7 Å². The van der Waals surface area contributed by atoms with E-state index in [-0.39, 0.29) is 24.1 Å². The summed E-state index contributed by atoms with van der Waals surface area (Å²) in [6, 6.07) is 6.03. The van der Waals surface area contributed by atoms with E-state index in [1.807, 2.05) is 13.8 Å². The maximum absolute atomic E-state index is 13.0. The monoisotopic (exact) mass is 340 g/mol. The Balaban J connectivity index is 0.00000264. The Morgan fingerprint density at radius 3 is 2.48 bits per heavy atom. The van der Waals surface area contributed by atoms with Gasteiger partial charge in [0.15, 0.2) is 0 Å². The number of nitrogens with zero attached hydrogens (tertiary/aromatic N) is 2. The molecule has 0 unspecified atom stereocenters. The highest BCUT2D eigenvalue weighted by atomic mass is 35.5. The Morgan fingerprint density at radius 2 is 1.87 bits per heavy atom. The molecular weight excluding hydrogens is 319 g/mol. The number of aromatic nitrogens is 2. The van der Waals surface area contributed by atoms with Gasteiger partial charge in [-0.25, -0.2) is 9.07 Å². The Hall–Kier alpha value is -1.92. The third kappa shape index (κ3) is 4.53. The van der Waals surface area contributed by atoms with Gasteiger partial charge in [-0.05, 0) is 44.7 Å². The lowest BCUT2D eigenvalue weighted by atomic mass is 10.2. The number of halogens is 2. The molecule has 2 N–H and O–H groups in total. The fourth-order valence-corrected chi connectivity index (χ4v) is 2.33. The summed E-state index contributed by atoms with van der Waals surface area (Å²) in [6.45, 7) is 7.81. The first-order chi connectivity index (χ1) is 10.5. The van der Waals surface area contributed by atoms with Crippen LogP contribution in [0.5, 0.6) is 0 Å². The van der Waals surface area contributed by atoms with Crippen molar-refractivity contribution in [3.8, 4) is 5.69 Å². The van der Waals surface area contributed by atoms with Crippen molar-refractivity contribution < 1.29 is 9.18 Å². The van der Waals surface area contributed by atoms with Crippen LogP contribution >= 0.6 is 12.4 Å². The molecule has 0 spiro atoms. The minimum absolute atomic E-state index is 0. The van der Waals surface area contributed by atoms with E-state index >= 15 is 0 Å². The zero-order valence-corrected chi connectivity index (χ0v) is 14.3. The third-order valence-electron chi connectivity index (χ3n) is 3.43. The highest BCUT2D eigenvalue weighted by Crippen LogP contribution is 2.18. The number of amides is 1. The molecular formula is C16H22ClFN4O. The van der Waals surface area contributed by atoms with Crippen molar-refractivity contribution in [2.45, 2.75) is 20.8 Å². The van der Waals surface area contributed by atoms with Crippen molar-refractivity contribution in [2.75, 3.05) is 19.6 Å². The minimum Gasteiger partial charge on any atom is -0.351 e. The molecule has 1 aromatic carbocycles. The minimum atomic E-state index is -0.299. The van der Waals surface area contributed by atoms with Crippen molar-refractivity contribution in [1.29, 1.82) is 0 Å². The van der Waals surface area contributed by atoms with Gasteiger partial charge in [-0.1, -0.05) is 6.92 Å². The average molecular weight is 341 g/mol. The lowest BCUT2D eigenvalue weighted by molar-refractivity contribution is 0.0952. The summed E-state index contributed by atoms with van der Waals surface area (Å²) in [6.07, 6.45) is 0. The van der Waals surface area contributed by atoms with E-state index in [4.69, 9.17) is 0 Å². The fraction of sp³-hybridized carbons (Fsp3) is 0.375. The maximum Gasteiger partial charge on any atom is 0.255 e. The molecule has 2 rings (SSSR count). The van der Waals surface area contributed by atoms with Crippen LogP contribution in [0.3, 0.4) is 0 Å². The van der Waals surface area contributed by atoms with Crippen LogP contribution in [0.2, 0.25) is 0 Å². The highest BCUT2D eigenvalue weighted by Gasteiger charge is 2.18. The van der Waals surface area contributed by atoms with Gasteiger partial charge in [0.25, 0.3) is 5.91 Å². The number of nitrogens with one attached hydrogen (secondary N) is 2. The van der Waals surface area contributed by atoms with E-state index in [1.165, 1.54) is 12.1 Å². The SMILES string of the molecule is CCNCCNC(=O)c1c(C)nn(-c2ccc(F)cc2)c1C.Cl. The molecule has 126 valence electrons. The summed E-state index contributed by atoms with van der Waals surface area (Å²) in [5.74, 6) is -0.437. The summed E-state index contributed by atoms with van der Waals surface area (Å²) in [4.78, 5) is 12.3. The predicted octanol–water partition coefficient (Wildman–Crippen LogP) is 2.39. The standard InChI is InChI=1S/C16H21FN4O.ClH/c1-4-18-9-10-19-16(22)15-11(2)20-21(12(15)3)14-7-5-13(17)6-8-14;/h5-8,18H,4,9-10H2,1-3H3,(H,19,22);1H. The Bertz CT molecular complexity index is 655. The average Bonchev–Trinajstić information content (AvgIpc) is 2.79. The summed E-state index contributed by atoms with van der Waals surface area (Å²) in [5.41, 5.74) is 2.70. The Kier molecular flexibility index (Phi) is 7.19. The molecule has 23 heavy (non-hydrogen) atoms. The molecule has 0 aliphatic rings. The molecule has 7 heteroatoms. The molecule has 0 radical (unpaired) electrons. The molecule has 0 bridgehead atoms. The number of likely N-dealkylation sites (N-methyl/N-ethyl adjacent to an activating group) is 1. The number of rotatable bonds is 6. The van der Waals surface area contributed by atoms with Crippen LogP contribution < -0.4 is 10.6 Å². The lowest BCUT2D eigenvalue weighted by Crippen LogP contribution is -2.32. The van der Waals surface area contributed by atoms with Gasteiger partial charge in [-0.2, -0.15) is 5.10 Å². The second-order valence-corrected chi connectivity index (χ2v) is 5.04. The smallest absolute Gasteiger partial charge is 0.255 e. The molecule has 0 fully saturated rings. The number of hydrogen-bond donors (Lipinski definition) is 2. The summed E-state index contributed by atoms with van der Waals surface area (Å²) < 4.78 is 14.7. The van der Waals surface area contributed by atoms with Gasteiger partial charge in [0.2, 0.25) is 0 Å². The Morgan fingerprint density at radius 1 is 1.22 bits per heavy atom. The first-order valence-corrected chi connectivity index (χ1v) is 7.35. The molecule has 2 aromatic rings. The zero-order valence-electron chi connectivity index (χ0n) is 13.5. The van der Waals surface area contributed by atoms with Gasteiger partial charge in [-0.3, -0.25) is 4.79 Å². The summed E-state index contributed by atoms with van der Waals surface area (Å²) in [5, 5.41) is 10.4. The number of hydrogen-bond acceptors (Lipinski definition) is 3. The molecule has 0 saturated carbocycles. The van der Waals surface area contributed by atoms with E-state index < -0.39 is 0 Å². The number of aryl methyl sites for hydroxylation is 1. The fourth-order valence-electron chi connectivity index (χ4n) is 2.33.